The molecular formula is C12H18N4O. The van der Waals surface area contributed by atoms with Crippen LogP contribution in [0.1, 0.15) is 29.8 Å². The molecule has 0 aliphatic rings. The summed E-state index contributed by atoms with van der Waals surface area (Å²) < 4.78 is 7.58. The number of nitrogens with two attached hydrogens (primary N) is 1. The van der Waals surface area contributed by atoms with E-state index in [9.17, 15) is 0 Å². The van der Waals surface area contributed by atoms with Gasteiger partial charge in [0.15, 0.2) is 0 Å². The standard InChI is InChI=1S/C12H18N4O/c1-9-3-5-11(17-9)10(15-13)4-6-12-14-7-8-16(12)2/h3,5,7-8,10,15H,4,6,13H2,1-2H3. The molecule has 0 aromatic carbocycles. The third-order valence-electron chi connectivity index (χ3n) is 2.88. The van der Waals surface area contributed by atoms with Gasteiger partial charge < -0.3 is 8.98 Å². The first kappa shape index (κ1) is 11.9. The van der Waals surface area contributed by atoms with Gasteiger partial charge in [0.1, 0.15) is 17.3 Å². The zero-order valence-electron chi connectivity index (χ0n) is 10.2. The van der Waals surface area contributed by atoms with Gasteiger partial charge in [0.25, 0.3) is 0 Å². The molecule has 0 saturated heterocycles. The van der Waals surface area contributed by atoms with Gasteiger partial charge in [0, 0.05) is 25.9 Å². The van der Waals surface area contributed by atoms with Crippen LogP contribution in [-0.2, 0) is 13.5 Å². The Balaban J connectivity index is 1.99. The number of furan rings is 1. The van der Waals surface area contributed by atoms with Gasteiger partial charge in [-0.15, -0.1) is 0 Å². The minimum Gasteiger partial charge on any atom is -0.465 e. The number of hydrogen-bond donors (Lipinski definition) is 2. The van der Waals surface area contributed by atoms with E-state index in [4.69, 9.17) is 10.3 Å². The minimum absolute atomic E-state index is 0.0281. The van der Waals surface area contributed by atoms with Crippen molar-refractivity contribution in [1.82, 2.24) is 15.0 Å². The van der Waals surface area contributed by atoms with Crippen molar-refractivity contribution >= 4 is 0 Å². The summed E-state index contributed by atoms with van der Waals surface area (Å²) in [5.74, 6) is 8.38. The summed E-state index contributed by atoms with van der Waals surface area (Å²) in [4.78, 5) is 4.28. The van der Waals surface area contributed by atoms with Crippen LogP contribution >= 0.6 is 0 Å². The van der Waals surface area contributed by atoms with Crippen LogP contribution in [0.3, 0.4) is 0 Å². The number of hydrazine groups is 1. The highest BCUT2D eigenvalue weighted by molar-refractivity contribution is 5.10. The monoisotopic (exact) mass is 234 g/mol. The minimum atomic E-state index is 0.0281. The van der Waals surface area contributed by atoms with Crippen molar-refractivity contribution in [2.24, 2.45) is 12.9 Å². The fraction of sp³-hybridized carbons (Fsp3) is 0.417. The molecule has 0 spiro atoms. The maximum absolute atomic E-state index is 5.57. The van der Waals surface area contributed by atoms with Gasteiger partial charge >= 0.3 is 0 Å². The van der Waals surface area contributed by atoms with Crippen LogP contribution in [0.5, 0.6) is 0 Å². The molecule has 0 aliphatic heterocycles. The Morgan fingerprint density at radius 1 is 1.53 bits per heavy atom. The van der Waals surface area contributed by atoms with E-state index >= 15 is 0 Å². The fourth-order valence-corrected chi connectivity index (χ4v) is 1.86. The van der Waals surface area contributed by atoms with Crippen molar-refractivity contribution in [2.75, 3.05) is 0 Å². The van der Waals surface area contributed by atoms with Crippen LogP contribution < -0.4 is 11.3 Å². The number of nitrogens with zero attached hydrogens (tertiary/aromatic N) is 2. The zero-order valence-corrected chi connectivity index (χ0v) is 10.2. The summed E-state index contributed by atoms with van der Waals surface area (Å²) in [6, 6.07) is 3.93. The maximum atomic E-state index is 5.57. The molecule has 0 amide bonds. The summed E-state index contributed by atoms with van der Waals surface area (Å²) in [6.45, 7) is 1.93. The predicted molar refractivity (Wildman–Crippen MR) is 65.0 cm³/mol. The molecule has 0 bridgehead atoms. The molecule has 2 rings (SSSR count). The van der Waals surface area contributed by atoms with E-state index in [0.717, 1.165) is 30.2 Å². The Hall–Kier alpha value is -1.59. The van der Waals surface area contributed by atoms with Crippen LogP contribution in [0, 0.1) is 6.92 Å². The van der Waals surface area contributed by atoms with Gasteiger partial charge in [-0.05, 0) is 25.5 Å². The molecule has 17 heavy (non-hydrogen) atoms. The zero-order chi connectivity index (χ0) is 12.3. The van der Waals surface area contributed by atoms with Crippen molar-refractivity contribution in [3.05, 3.63) is 41.9 Å². The predicted octanol–water partition coefficient (Wildman–Crippen LogP) is 1.46. The topological polar surface area (TPSA) is 69.0 Å². The van der Waals surface area contributed by atoms with E-state index in [1.54, 1.807) is 6.20 Å². The third-order valence-corrected chi connectivity index (χ3v) is 2.88. The molecule has 3 N–H and O–H groups in total. The van der Waals surface area contributed by atoms with E-state index in [-0.39, 0.29) is 6.04 Å². The molecule has 2 aromatic rings. The van der Waals surface area contributed by atoms with Gasteiger partial charge in [-0.2, -0.15) is 0 Å². The summed E-state index contributed by atoms with van der Waals surface area (Å²) in [6.07, 6.45) is 5.46. The molecule has 1 unspecified atom stereocenters. The van der Waals surface area contributed by atoms with Crippen LogP contribution in [-0.4, -0.2) is 9.55 Å². The Morgan fingerprint density at radius 2 is 2.35 bits per heavy atom. The number of imidazole rings is 1. The number of aryl methyl sites for hydroxylation is 3. The summed E-state index contributed by atoms with van der Waals surface area (Å²) >= 11 is 0. The third kappa shape index (κ3) is 2.75. The van der Waals surface area contributed by atoms with Gasteiger partial charge in [-0.25, -0.2) is 10.4 Å². The van der Waals surface area contributed by atoms with Crippen LogP contribution in [0.4, 0.5) is 0 Å². The van der Waals surface area contributed by atoms with E-state index in [0.29, 0.717) is 0 Å². The highest BCUT2D eigenvalue weighted by Crippen LogP contribution is 2.20. The molecule has 0 fully saturated rings. The van der Waals surface area contributed by atoms with E-state index < -0.39 is 0 Å². The van der Waals surface area contributed by atoms with Crippen molar-refractivity contribution < 1.29 is 4.42 Å². The SMILES string of the molecule is Cc1ccc(C(CCc2nccn2C)NN)o1. The first-order chi connectivity index (χ1) is 8.20. The summed E-state index contributed by atoms with van der Waals surface area (Å²) in [5.41, 5.74) is 2.78. The number of aromatic nitrogens is 2. The van der Waals surface area contributed by atoms with Crippen molar-refractivity contribution in [3.8, 4) is 0 Å². The Kier molecular flexibility index (Phi) is 3.61. The van der Waals surface area contributed by atoms with Crippen LogP contribution in [0.15, 0.2) is 28.9 Å². The number of rotatable bonds is 5. The number of nitrogens with one attached hydrogen (secondary N) is 1. The van der Waals surface area contributed by atoms with Crippen molar-refractivity contribution in [3.63, 3.8) is 0 Å². The van der Waals surface area contributed by atoms with E-state index in [1.165, 1.54) is 0 Å². The van der Waals surface area contributed by atoms with Gasteiger partial charge in [0.05, 0.1) is 6.04 Å². The molecule has 1 atom stereocenters. The summed E-state index contributed by atoms with van der Waals surface area (Å²) in [5, 5.41) is 0. The lowest BCUT2D eigenvalue weighted by Crippen LogP contribution is -2.28. The smallest absolute Gasteiger partial charge is 0.122 e. The lowest BCUT2D eigenvalue weighted by molar-refractivity contribution is 0.387. The van der Waals surface area contributed by atoms with Gasteiger partial charge in [-0.1, -0.05) is 0 Å². The molecule has 0 aliphatic carbocycles. The second-order valence-electron chi connectivity index (χ2n) is 4.16. The Morgan fingerprint density at radius 3 is 2.88 bits per heavy atom. The number of hydrogen-bond acceptors (Lipinski definition) is 4. The molecule has 0 radical (unpaired) electrons. The molecule has 5 heteroatoms. The fourth-order valence-electron chi connectivity index (χ4n) is 1.86. The van der Waals surface area contributed by atoms with Crippen LogP contribution in [0.2, 0.25) is 0 Å². The van der Waals surface area contributed by atoms with E-state index in [1.807, 2.05) is 36.9 Å². The summed E-state index contributed by atoms with van der Waals surface area (Å²) in [7, 11) is 1.99. The lowest BCUT2D eigenvalue weighted by atomic mass is 10.1. The first-order valence-corrected chi connectivity index (χ1v) is 5.69. The van der Waals surface area contributed by atoms with Crippen molar-refractivity contribution in [2.45, 2.75) is 25.8 Å². The second-order valence-corrected chi connectivity index (χ2v) is 4.16. The van der Waals surface area contributed by atoms with E-state index in [2.05, 4.69) is 10.4 Å². The Labute approximate surface area is 101 Å². The average Bonchev–Trinajstić information content (AvgIpc) is 2.90. The average molecular weight is 234 g/mol. The molecular weight excluding hydrogens is 216 g/mol. The largest absolute Gasteiger partial charge is 0.465 e. The Bertz CT molecular complexity index is 474. The highest BCUT2D eigenvalue weighted by atomic mass is 16.3. The van der Waals surface area contributed by atoms with Crippen LogP contribution in [0.25, 0.3) is 0 Å². The molecule has 0 saturated carbocycles. The normalized spacial score (nSPS) is 12.9. The quantitative estimate of drug-likeness (QED) is 0.607. The second kappa shape index (κ2) is 5.16. The van der Waals surface area contributed by atoms with Gasteiger partial charge in [0.2, 0.25) is 0 Å². The molecule has 2 heterocycles. The lowest BCUT2D eigenvalue weighted by Gasteiger charge is -2.12. The molecule has 92 valence electrons. The first-order valence-electron chi connectivity index (χ1n) is 5.69. The molecule has 5 nitrogen and oxygen atoms in total. The highest BCUT2D eigenvalue weighted by Gasteiger charge is 2.14. The maximum Gasteiger partial charge on any atom is 0.122 e. The van der Waals surface area contributed by atoms with Crippen molar-refractivity contribution in [1.29, 1.82) is 0 Å². The molecule has 2 aromatic heterocycles. The van der Waals surface area contributed by atoms with Gasteiger partial charge in [-0.3, -0.25) is 5.84 Å².